The van der Waals surface area contributed by atoms with Gasteiger partial charge in [0.25, 0.3) is 0 Å². The van der Waals surface area contributed by atoms with Gasteiger partial charge in [0.2, 0.25) is 0 Å². The summed E-state index contributed by atoms with van der Waals surface area (Å²) < 4.78 is 19.7. The molecule has 0 amide bonds. The number of aliphatic hydroxyl groups is 1. The Bertz CT molecular complexity index is 600. The molecule has 2 rings (SSSR count). The van der Waals surface area contributed by atoms with Gasteiger partial charge in [-0.3, -0.25) is 0 Å². The van der Waals surface area contributed by atoms with Crippen molar-refractivity contribution in [2.24, 2.45) is 0 Å². The van der Waals surface area contributed by atoms with Crippen molar-refractivity contribution in [3.8, 4) is 11.5 Å². The minimum Gasteiger partial charge on any atom is -0.454 e. The van der Waals surface area contributed by atoms with Crippen LogP contribution in [0, 0.1) is 5.82 Å². The molecule has 0 radical (unpaired) electrons. The molecule has 2 nitrogen and oxygen atoms in total. The molecular formula is C17H19FO2. The second-order valence-electron chi connectivity index (χ2n) is 5.73. The number of aliphatic hydroxyl groups excluding tert-OH is 1. The minimum atomic E-state index is -0.472. The zero-order valence-electron chi connectivity index (χ0n) is 12.0. The van der Waals surface area contributed by atoms with Gasteiger partial charge in [-0.05, 0) is 17.5 Å². The van der Waals surface area contributed by atoms with Gasteiger partial charge in [-0.2, -0.15) is 0 Å². The third kappa shape index (κ3) is 2.99. The van der Waals surface area contributed by atoms with Crippen LogP contribution in [0.25, 0.3) is 0 Å². The van der Waals surface area contributed by atoms with Crippen LogP contribution in [0.15, 0.2) is 42.5 Å². The summed E-state index contributed by atoms with van der Waals surface area (Å²) in [5, 5.41) is 9.30. The van der Waals surface area contributed by atoms with Crippen LogP contribution in [0.3, 0.4) is 0 Å². The Morgan fingerprint density at radius 1 is 1.05 bits per heavy atom. The summed E-state index contributed by atoms with van der Waals surface area (Å²) in [5.41, 5.74) is 1.32. The number of hydrogen-bond donors (Lipinski definition) is 1. The Kier molecular flexibility index (Phi) is 4.09. The first kappa shape index (κ1) is 14.5. The van der Waals surface area contributed by atoms with Crippen molar-refractivity contribution in [1.82, 2.24) is 0 Å². The van der Waals surface area contributed by atoms with Gasteiger partial charge in [0, 0.05) is 11.1 Å². The van der Waals surface area contributed by atoms with E-state index in [0.29, 0.717) is 11.3 Å². The predicted molar refractivity (Wildman–Crippen MR) is 77.5 cm³/mol. The Morgan fingerprint density at radius 3 is 2.40 bits per heavy atom. The quantitative estimate of drug-likeness (QED) is 0.898. The summed E-state index contributed by atoms with van der Waals surface area (Å²) in [6.45, 7) is 5.96. The lowest BCUT2D eigenvalue weighted by molar-refractivity contribution is 0.274. The molecule has 0 aliphatic heterocycles. The first-order chi connectivity index (χ1) is 9.43. The number of para-hydroxylation sites is 2. The van der Waals surface area contributed by atoms with Crippen LogP contribution < -0.4 is 4.74 Å². The summed E-state index contributed by atoms with van der Waals surface area (Å²) in [6, 6.07) is 12.1. The van der Waals surface area contributed by atoms with E-state index in [9.17, 15) is 9.50 Å². The van der Waals surface area contributed by atoms with Crippen molar-refractivity contribution < 1.29 is 14.2 Å². The normalized spacial score (nSPS) is 11.4. The molecule has 0 spiro atoms. The van der Waals surface area contributed by atoms with E-state index in [-0.39, 0.29) is 17.8 Å². The topological polar surface area (TPSA) is 29.5 Å². The molecule has 0 unspecified atom stereocenters. The average Bonchev–Trinajstić information content (AvgIpc) is 2.40. The summed E-state index contributed by atoms with van der Waals surface area (Å²) in [7, 11) is 0. The number of ether oxygens (including phenoxy) is 1. The fraction of sp³-hybridized carbons (Fsp3) is 0.294. The van der Waals surface area contributed by atoms with Crippen molar-refractivity contribution in [2.75, 3.05) is 0 Å². The first-order valence-electron chi connectivity index (χ1n) is 6.59. The van der Waals surface area contributed by atoms with E-state index < -0.39 is 5.82 Å². The first-order valence-corrected chi connectivity index (χ1v) is 6.59. The molecule has 0 saturated carbocycles. The van der Waals surface area contributed by atoms with Crippen LogP contribution in [0.2, 0.25) is 0 Å². The second kappa shape index (κ2) is 5.63. The number of rotatable bonds is 3. The van der Waals surface area contributed by atoms with Gasteiger partial charge < -0.3 is 9.84 Å². The van der Waals surface area contributed by atoms with E-state index in [2.05, 4.69) is 20.8 Å². The van der Waals surface area contributed by atoms with Crippen molar-refractivity contribution >= 4 is 0 Å². The van der Waals surface area contributed by atoms with E-state index in [1.807, 2.05) is 24.3 Å². The van der Waals surface area contributed by atoms with Gasteiger partial charge in [-0.15, -0.1) is 0 Å². The molecule has 0 aliphatic rings. The highest BCUT2D eigenvalue weighted by Crippen LogP contribution is 2.36. The SMILES string of the molecule is CC(C)(C)c1ccccc1Oc1c(F)cccc1CO. The summed E-state index contributed by atoms with van der Waals surface area (Å²) in [6.07, 6.45) is 0. The van der Waals surface area contributed by atoms with Crippen LogP contribution in [0.4, 0.5) is 4.39 Å². The minimum absolute atomic E-state index is 0.0895. The number of hydrogen-bond acceptors (Lipinski definition) is 2. The third-order valence-electron chi connectivity index (χ3n) is 3.13. The lowest BCUT2D eigenvalue weighted by atomic mass is 9.86. The molecule has 0 fully saturated rings. The lowest BCUT2D eigenvalue weighted by Crippen LogP contribution is -2.12. The monoisotopic (exact) mass is 274 g/mol. The summed E-state index contributed by atoms with van der Waals surface area (Å²) in [5.74, 6) is 0.228. The van der Waals surface area contributed by atoms with E-state index in [4.69, 9.17) is 4.74 Å². The Morgan fingerprint density at radius 2 is 1.75 bits per heavy atom. The standard InChI is InChI=1S/C17H19FO2/c1-17(2,3)13-8-4-5-10-15(13)20-16-12(11-19)7-6-9-14(16)18/h4-10,19H,11H2,1-3H3. The highest BCUT2D eigenvalue weighted by Gasteiger charge is 2.20. The molecule has 0 atom stereocenters. The molecule has 0 aliphatic carbocycles. The van der Waals surface area contributed by atoms with Gasteiger partial charge >= 0.3 is 0 Å². The third-order valence-corrected chi connectivity index (χ3v) is 3.13. The van der Waals surface area contributed by atoms with Gasteiger partial charge in [-0.25, -0.2) is 4.39 Å². The maximum atomic E-state index is 13.9. The van der Waals surface area contributed by atoms with Gasteiger partial charge in [0.15, 0.2) is 11.6 Å². The summed E-state index contributed by atoms with van der Waals surface area (Å²) >= 11 is 0. The molecule has 0 bridgehead atoms. The Balaban J connectivity index is 2.46. The Labute approximate surface area is 118 Å². The smallest absolute Gasteiger partial charge is 0.168 e. The molecule has 2 aromatic carbocycles. The fourth-order valence-corrected chi connectivity index (χ4v) is 2.08. The summed E-state index contributed by atoms with van der Waals surface area (Å²) in [4.78, 5) is 0. The van der Waals surface area contributed by atoms with Crippen LogP contribution in [-0.2, 0) is 12.0 Å². The molecule has 0 aromatic heterocycles. The van der Waals surface area contributed by atoms with Crippen molar-refractivity contribution in [1.29, 1.82) is 0 Å². The van der Waals surface area contributed by atoms with Crippen LogP contribution in [0.5, 0.6) is 11.5 Å². The second-order valence-corrected chi connectivity index (χ2v) is 5.73. The zero-order valence-corrected chi connectivity index (χ0v) is 12.0. The molecule has 2 aromatic rings. The zero-order chi connectivity index (χ0) is 14.8. The van der Waals surface area contributed by atoms with E-state index in [0.717, 1.165) is 5.56 Å². The maximum Gasteiger partial charge on any atom is 0.168 e. The molecule has 20 heavy (non-hydrogen) atoms. The largest absolute Gasteiger partial charge is 0.454 e. The van der Waals surface area contributed by atoms with E-state index in [1.165, 1.54) is 6.07 Å². The van der Waals surface area contributed by atoms with Gasteiger partial charge in [0.1, 0.15) is 5.75 Å². The van der Waals surface area contributed by atoms with Gasteiger partial charge in [-0.1, -0.05) is 51.1 Å². The fourth-order valence-electron chi connectivity index (χ4n) is 2.08. The number of halogens is 1. The van der Waals surface area contributed by atoms with Crippen LogP contribution in [0.1, 0.15) is 31.9 Å². The van der Waals surface area contributed by atoms with Crippen molar-refractivity contribution in [3.63, 3.8) is 0 Å². The predicted octanol–water partition coefficient (Wildman–Crippen LogP) is 4.41. The van der Waals surface area contributed by atoms with E-state index in [1.54, 1.807) is 12.1 Å². The molecule has 106 valence electrons. The van der Waals surface area contributed by atoms with Crippen LogP contribution >= 0.6 is 0 Å². The van der Waals surface area contributed by atoms with Crippen molar-refractivity contribution in [2.45, 2.75) is 32.8 Å². The van der Waals surface area contributed by atoms with Gasteiger partial charge in [0.05, 0.1) is 6.61 Å². The van der Waals surface area contributed by atoms with Crippen LogP contribution in [-0.4, -0.2) is 5.11 Å². The van der Waals surface area contributed by atoms with Crippen molar-refractivity contribution in [3.05, 3.63) is 59.4 Å². The van der Waals surface area contributed by atoms with E-state index >= 15 is 0 Å². The molecule has 1 N–H and O–H groups in total. The molecule has 3 heteroatoms. The number of benzene rings is 2. The maximum absolute atomic E-state index is 13.9. The molecule has 0 saturated heterocycles. The molecular weight excluding hydrogens is 255 g/mol. The average molecular weight is 274 g/mol. The molecule has 0 heterocycles. The highest BCUT2D eigenvalue weighted by atomic mass is 19.1. The Hall–Kier alpha value is -1.87. The lowest BCUT2D eigenvalue weighted by Gasteiger charge is -2.23. The highest BCUT2D eigenvalue weighted by molar-refractivity contribution is 5.44.